The number of amides is 1. The van der Waals surface area contributed by atoms with E-state index < -0.39 is 0 Å². The van der Waals surface area contributed by atoms with Crippen molar-refractivity contribution in [2.45, 2.75) is 50.5 Å². The first-order valence-corrected chi connectivity index (χ1v) is 11.9. The summed E-state index contributed by atoms with van der Waals surface area (Å²) in [4.78, 5) is 24.2. The zero-order valence-corrected chi connectivity index (χ0v) is 19.3. The fourth-order valence-electron chi connectivity index (χ4n) is 4.67. The number of hydrogen-bond acceptors (Lipinski definition) is 6. The lowest BCUT2D eigenvalue weighted by Crippen LogP contribution is -2.42. The van der Waals surface area contributed by atoms with Crippen LogP contribution in [0.15, 0.2) is 30.6 Å². The van der Waals surface area contributed by atoms with Crippen molar-refractivity contribution in [1.29, 1.82) is 0 Å². The van der Waals surface area contributed by atoms with Crippen LogP contribution in [0.3, 0.4) is 0 Å². The van der Waals surface area contributed by atoms with Gasteiger partial charge in [0.15, 0.2) is 0 Å². The van der Waals surface area contributed by atoms with Crippen LogP contribution in [0, 0.1) is 0 Å². The molecule has 0 bridgehead atoms. The molecule has 2 aromatic rings. The Hall–Kier alpha value is -2.22. The van der Waals surface area contributed by atoms with E-state index in [9.17, 15) is 9.90 Å². The van der Waals surface area contributed by atoms with Crippen LogP contribution in [-0.2, 0) is 11.2 Å². The highest BCUT2D eigenvalue weighted by atomic mass is 35.5. The molecule has 1 aromatic carbocycles. The molecule has 0 saturated carbocycles. The molecule has 1 fully saturated rings. The van der Waals surface area contributed by atoms with E-state index in [1.807, 2.05) is 24.3 Å². The fraction of sp³-hybridized carbons (Fsp3) is 0.542. The second kappa shape index (κ2) is 10.6. The number of nitrogens with one attached hydrogen (secondary N) is 2. The fourth-order valence-corrected chi connectivity index (χ4v) is 4.80. The maximum Gasteiger partial charge on any atom is 0.228 e. The van der Waals surface area contributed by atoms with E-state index in [1.54, 1.807) is 6.33 Å². The summed E-state index contributed by atoms with van der Waals surface area (Å²) >= 11 is 6.06. The Kier molecular flexibility index (Phi) is 7.60. The summed E-state index contributed by atoms with van der Waals surface area (Å²) in [5.41, 5.74) is 3.30. The number of carbonyl (C=O) groups excluding carboxylic acids is 1. The molecule has 2 atom stereocenters. The van der Waals surface area contributed by atoms with E-state index in [0.717, 1.165) is 55.8 Å². The van der Waals surface area contributed by atoms with Gasteiger partial charge < -0.3 is 20.6 Å². The largest absolute Gasteiger partial charge is 0.393 e. The normalized spacial score (nSPS) is 20.0. The van der Waals surface area contributed by atoms with Crippen LogP contribution in [0.25, 0.3) is 0 Å². The number of rotatable bonds is 8. The van der Waals surface area contributed by atoms with E-state index >= 15 is 0 Å². The van der Waals surface area contributed by atoms with Crippen LogP contribution >= 0.6 is 11.6 Å². The van der Waals surface area contributed by atoms with Crippen LogP contribution in [0.5, 0.6) is 0 Å². The number of aliphatic hydroxyl groups excluding tert-OH is 1. The van der Waals surface area contributed by atoms with Crippen LogP contribution in [0.2, 0.25) is 5.02 Å². The zero-order valence-electron chi connectivity index (χ0n) is 18.6. The van der Waals surface area contributed by atoms with Crippen molar-refractivity contribution < 1.29 is 9.90 Å². The Morgan fingerprint density at radius 1 is 1.19 bits per heavy atom. The summed E-state index contributed by atoms with van der Waals surface area (Å²) < 4.78 is 0. The molecule has 1 amide bonds. The minimum absolute atomic E-state index is 0.00142. The lowest BCUT2D eigenvalue weighted by atomic mass is 9.96. The molecular formula is C24H32ClN5O2. The molecule has 7 nitrogen and oxygen atoms in total. The van der Waals surface area contributed by atoms with Crippen molar-refractivity contribution in [1.82, 2.24) is 20.2 Å². The van der Waals surface area contributed by atoms with E-state index in [0.29, 0.717) is 30.6 Å². The van der Waals surface area contributed by atoms with Crippen molar-refractivity contribution in [2.75, 3.05) is 38.0 Å². The number of anilines is 1. The number of likely N-dealkylation sites (tertiary alicyclic amines) is 1. The number of nitrogens with zero attached hydrogens (tertiary/aromatic N) is 3. The molecule has 2 heterocycles. The number of halogens is 1. The molecule has 1 aliphatic carbocycles. The Balaban J connectivity index is 1.35. The molecule has 0 spiro atoms. The third-order valence-electron chi connectivity index (χ3n) is 6.58. The first-order valence-electron chi connectivity index (χ1n) is 11.5. The minimum Gasteiger partial charge on any atom is -0.393 e. The van der Waals surface area contributed by atoms with Gasteiger partial charge in [-0.05, 0) is 49.3 Å². The number of carbonyl (C=O) groups is 1. The number of aromatic nitrogens is 2. The summed E-state index contributed by atoms with van der Waals surface area (Å²) in [7, 11) is 0. The Bertz CT molecular complexity index is 915. The van der Waals surface area contributed by atoms with E-state index in [4.69, 9.17) is 11.6 Å². The van der Waals surface area contributed by atoms with E-state index in [-0.39, 0.29) is 17.9 Å². The van der Waals surface area contributed by atoms with Gasteiger partial charge in [0.2, 0.25) is 5.91 Å². The highest BCUT2D eigenvalue weighted by Crippen LogP contribution is 2.35. The van der Waals surface area contributed by atoms with Gasteiger partial charge in [-0.3, -0.25) is 4.79 Å². The number of hydrogen-bond donors (Lipinski definition) is 3. The van der Waals surface area contributed by atoms with Crippen molar-refractivity contribution in [3.8, 4) is 0 Å². The predicted molar refractivity (Wildman–Crippen MR) is 126 cm³/mol. The molecule has 3 N–H and O–H groups in total. The molecule has 172 valence electrons. The average Bonchev–Trinajstić information content (AvgIpc) is 3.18. The van der Waals surface area contributed by atoms with Crippen LogP contribution in [-0.4, -0.2) is 64.7 Å². The van der Waals surface area contributed by atoms with Gasteiger partial charge in [0, 0.05) is 49.0 Å². The number of aliphatic hydroxyl groups is 1. The van der Waals surface area contributed by atoms with Gasteiger partial charge in [-0.1, -0.05) is 30.7 Å². The maximum absolute atomic E-state index is 13.1. The van der Waals surface area contributed by atoms with Gasteiger partial charge in [0.25, 0.3) is 0 Å². The molecule has 32 heavy (non-hydrogen) atoms. The van der Waals surface area contributed by atoms with Gasteiger partial charge in [0.1, 0.15) is 12.1 Å². The van der Waals surface area contributed by atoms with Crippen molar-refractivity contribution in [3.63, 3.8) is 0 Å². The molecule has 4 rings (SSSR count). The van der Waals surface area contributed by atoms with E-state index in [2.05, 4.69) is 32.4 Å². The van der Waals surface area contributed by atoms with Crippen LogP contribution in [0.4, 0.5) is 5.82 Å². The highest BCUT2D eigenvalue weighted by Gasteiger charge is 2.27. The van der Waals surface area contributed by atoms with Crippen molar-refractivity contribution in [3.05, 3.63) is 52.4 Å². The summed E-state index contributed by atoms with van der Waals surface area (Å²) in [6, 6.07) is 7.51. The Morgan fingerprint density at radius 2 is 1.94 bits per heavy atom. The lowest BCUT2D eigenvalue weighted by Gasteiger charge is -2.32. The molecule has 2 aliphatic rings. The van der Waals surface area contributed by atoms with Crippen molar-refractivity contribution >= 4 is 23.3 Å². The summed E-state index contributed by atoms with van der Waals surface area (Å²) in [5, 5.41) is 16.9. The molecule has 1 aromatic heterocycles. The second-order valence-corrected chi connectivity index (χ2v) is 9.31. The first kappa shape index (κ1) is 23.0. The quantitative estimate of drug-likeness (QED) is 0.528. The lowest BCUT2D eigenvalue weighted by molar-refractivity contribution is -0.123. The third-order valence-corrected chi connectivity index (χ3v) is 6.83. The van der Waals surface area contributed by atoms with Crippen LogP contribution < -0.4 is 10.6 Å². The van der Waals surface area contributed by atoms with E-state index in [1.165, 1.54) is 5.56 Å². The SMILES string of the molecule is C[C@@H]1CCc2ncnc(NCCNC(=O)[C@H](CN3CCC(O)CC3)c3ccc(Cl)cc3)c21. The standard InChI is InChI=1S/C24H32ClN5O2/c1-16-2-7-21-22(16)23(29-15-28-21)26-10-11-27-24(32)20(17-3-5-18(25)6-4-17)14-30-12-8-19(31)9-13-30/h3-6,15-16,19-20,31H,2,7-14H2,1H3,(H,27,32)(H,26,28,29)/t16-,20-/m1/s1. The van der Waals surface area contributed by atoms with Gasteiger partial charge in [-0.25, -0.2) is 9.97 Å². The van der Waals surface area contributed by atoms with Gasteiger partial charge in [-0.15, -0.1) is 0 Å². The Morgan fingerprint density at radius 3 is 2.69 bits per heavy atom. The van der Waals surface area contributed by atoms with Crippen LogP contribution in [0.1, 0.15) is 54.8 Å². The monoisotopic (exact) mass is 457 g/mol. The number of benzene rings is 1. The molecule has 1 saturated heterocycles. The third kappa shape index (κ3) is 5.57. The summed E-state index contributed by atoms with van der Waals surface area (Å²) in [6.45, 7) is 5.55. The molecule has 1 aliphatic heterocycles. The zero-order chi connectivity index (χ0) is 22.5. The molecule has 0 radical (unpaired) electrons. The van der Waals surface area contributed by atoms with Gasteiger partial charge >= 0.3 is 0 Å². The predicted octanol–water partition coefficient (Wildman–Crippen LogP) is 2.95. The summed E-state index contributed by atoms with van der Waals surface area (Å²) in [5.74, 6) is 1.06. The van der Waals surface area contributed by atoms with Crippen molar-refractivity contribution in [2.24, 2.45) is 0 Å². The molecular weight excluding hydrogens is 426 g/mol. The number of piperidine rings is 1. The first-order chi connectivity index (χ1) is 15.5. The smallest absolute Gasteiger partial charge is 0.228 e. The highest BCUT2D eigenvalue weighted by molar-refractivity contribution is 6.30. The number of aryl methyl sites for hydroxylation is 1. The molecule has 0 unspecified atom stereocenters. The maximum atomic E-state index is 13.1. The average molecular weight is 458 g/mol. The molecule has 8 heteroatoms. The second-order valence-electron chi connectivity index (χ2n) is 8.88. The summed E-state index contributed by atoms with van der Waals surface area (Å²) in [6.07, 6.45) is 4.99. The van der Waals surface area contributed by atoms with Gasteiger partial charge in [-0.2, -0.15) is 0 Å². The Labute approximate surface area is 194 Å². The topological polar surface area (TPSA) is 90.4 Å². The minimum atomic E-state index is -0.286. The number of fused-ring (bicyclic) bond motifs is 1. The van der Waals surface area contributed by atoms with Gasteiger partial charge in [0.05, 0.1) is 12.0 Å².